The molecular weight excluding hydrogens is 611 g/mol. The number of rotatable bonds is 3. The molecule has 4 heterocycles. The van der Waals surface area contributed by atoms with Gasteiger partial charge in [-0.05, 0) is 40.2 Å². The minimum Gasteiger partial charge on any atom is -0.455 e. The number of hydrogen-bond acceptors (Lipinski definition) is 5. The molecule has 0 saturated carbocycles. The lowest BCUT2D eigenvalue weighted by molar-refractivity contribution is 0.670. The van der Waals surface area contributed by atoms with Crippen molar-refractivity contribution in [3.8, 4) is 45.3 Å². The molecule has 0 unspecified atom stereocenters. The molecule has 1 aliphatic rings. The predicted molar refractivity (Wildman–Crippen MR) is 198 cm³/mol. The number of thiophene rings is 1. The second kappa shape index (κ2) is 9.78. The highest BCUT2D eigenvalue weighted by molar-refractivity contribution is 7.25. The second-order valence-electron chi connectivity index (χ2n) is 12.8. The highest BCUT2D eigenvalue weighted by atomic mass is 32.1. The molecule has 3 aromatic heterocycles. The summed E-state index contributed by atoms with van der Waals surface area (Å²) in [7, 11) is -2.05. The van der Waals surface area contributed by atoms with Gasteiger partial charge in [0.25, 0.3) is 0 Å². The highest BCUT2D eigenvalue weighted by Crippen LogP contribution is 2.44. The van der Waals surface area contributed by atoms with Crippen molar-refractivity contribution in [1.29, 1.82) is 0 Å². The van der Waals surface area contributed by atoms with E-state index in [1.165, 1.54) is 41.7 Å². The fourth-order valence-corrected chi connectivity index (χ4v) is 11.7. The van der Waals surface area contributed by atoms with E-state index in [-0.39, 0.29) is 0 Å². The van der Waals surface area contributed by atoms with E-state index in [1.807, 2.05) is 24.3 Å². The maximum absolute atomic E-state index is 6.79. The van der Waals surface area contributed by atoms with E-state index in [1.54, 1.807) is 11.3 Å². The van der Waals surface area contributed by atoms with E-state index in [2.05, 4.69) is 116 Å². The molecule has 0 spiro atoms. The average Bonchev–Trinajstić information content (AvgIpc) is 3.76. The van der Waals surface area contributed by atoms with Gasteiger partial charge in [0.15, 0.2) is 17.5 Å². The first-order valence-corrected chi connectivity index (χ1v) is 19.7. The van der Waals surface area contributed by atoms with Crippen LogP contribution in [-0.2, 0) is 0 Å². The van der Waals surface area contributed by atoms with Crippen molar-refractivity contribution < 1.29 is 4.42 Å². The Morgan fingerprint density at radius 2 is 1.19 bits per heavy atom. The van der Waals surface area contributed by atoms with Crippen LogP contribution < -0.4 is 10.4 Å². The van der Waals surface area contributed by atoms with E-state index in [0.29, 0.717) is 17.5 Å². The van der Waals surface area contributed by atoms with Gasteiger partial charge in [0, 0.05) is 53.2 Å². The Morgan fingerprint density at radius 3 is 2.06 bits per heavy atom. The van der Waals surface area contributed by atoms with Crippen LogP contribution >= 0.6 is 11.3 Å². The zero-order chi connectivity index (χ0) is 31.3. The van der Waals surface area contributed by atoms with Crippen LogP contribution in [0.4, 0.5) is 0 Å². The van der Waals surface area contributed by atoms with Gasteiger partial charge in [-0.3, -0.25) is 0 Å². The van der Waals surface area contributed by atoms with Gasteiger partial charge in [0.05, 0.1) is 0 Å². The van der Waals surface area contributed by atoms with Crippen LogP contribution in [0.3, 0.4) is 0 Å². The standard InChI is InChI=1S/C41H27N3OSSi/c1-47(2)33-22-11-8-17-27(33)37-34(47)23-29(36-25-15-6-9-19-30(25)45-38(36)37)41-43-39(24-13-4-3-5-14-24)42-40(44-41)28-18-12-21-32-35(28)26-16-7-10-20-31(26)46-32/h3-23H,1-2H3. The smallest absolute Gasteiger partial charge is 0.164 e. The van der Waals surface area contributed by atoms with Crippen molar-refractivity contribution >= 4 is 71.9 Å². The fourth-order valence-electron chi connectivity index (χ4n) is 7.52. The van der Waals surface area contributed by atoms with Gasteiger partial charge in [0.1, 0.15) is 19.2 Å². The largest absolute Gasteiger partial charge is 0.455 e. The Bertz CT molecular complexity index is 2730. The number of fused-ring (bicyclic) bond motifs is 10. The molecule has 0 radical (unpaired) electrons. The van der Waals surface area contributed by atoms with Crippen LogP contribution in [-0.4, -0.2) is 23.0 Å². The zero-order valence-corrected chi connectivity index (χ0v) is 27.6. The lowest BCUT2D eigenvalue weighted by Gasteiger charge is -2.19. The van der Waals surface area contributed by atoms with Gasteiger partial charge >= 0.3 is 0 Å². The number of benzene rings is 6. The summed E-state index contributed by atoms with van der Waals surface area (Å²) in [6.07, 6.45) is 0. The summed E-state index contributed by atoms with van der Waals surface area (Å²) < 4.78 is 9.26. The lowest BCUT2D eigenvalue weighted by Crippen LogP contribution is -2.49. The molecule has 0 fully saturated rings. The van der Waals surface area contributed by atoms with E-state index in [0.717, 1.165) is 38.6 Å². The highest BCUT2D eigenvalue weighted by Gasteiger charge is 2.40. The molecule has 0 saturated heterocycles. The van der Waals surface area contributed by atoms with E-state index >= 15 is 0 Å². The molecule has 0 aliphatic carbocycles. The minimum atomic E-state index is -2.05. The van der Waals surface area contributed by atoms with Crippen LogP contribution in [0, 0.1) is 0 Å². The van der Waals surface area contributed by atoms with Gasteiger partial charge in [-0.25, -0.2) is 15.0 Å². The molecule has 0 amide bonds. The molecule has 0 bridgehead atoms. The van der Waals surface area contributed by atoms with Crippen LogP contribution in [0.1, 0.15) is 0 Å². The topological polar surface area (TPSA) is 51.8 Å². The Labute approximate surface area is 276 Å². The summed E-state index contributed by atoms with van der Waals surface area (Å²) in [6, 6.07) is 44.8. The summed E-state index contributed by atoms with van der Waals surface area (Å²) in [5.41, 5.74) is 7.24. The third-order valence-corrected chi connectivity index (χ3v) is 14.4. The Balaban J connectivity index is 1.33. The summed E-state index contributed by atoms with van der Waals surface area (Å²) in [6.45, 7) is 4.87. The molecule has 222 valence electrons. The molecule has 9 aromatic rings. The molecule has 0 N–H and O–H groups in total. The first kappa shape index (κ1) is 26.8. The predicted octanol–water partition coefficient (Wildman–Crippen LogP) is 9.94. The quantitative estimate of drug-likeness (QED) is 0.181. The van der Waals surface area contributed by atoms with Crippen LogP contribution in [0.25, 0.3) is 87.4 Å². The van der Waals surface area contributed by atoms with Gasteiger partial charge in [-0.2, -0.15) is 0 Å². The second-order valence-corrected chi connectivity index (χ2v) is 18.2. The molecule has 6 heteroatoms. The number of furan rings is 1. The SMILES string of the molecule is C[Si]1(C)c2ccccc2-c2c1cc(-c1nc(-c3ccccc3)nc(-c3cccc4sc5ccccc5c34)n1)c1c2oc2ccccc21. The lowest BCUT2D eigenvalue weighted by atomic mass is 9.98. The van der Waals surface area contributed by atoms with Crippen molar-refractivity contribution in [2.45, 2.75) is 13.1 Å². The van der Waals surface area contributed by atoms with E-state index in [4.69, 9.17) is 19.4 Å². The van der Waals surface area contributed by atoms with Crippen molar-refractivity contribution in [2.24, 2.45) is 0 Å². The van der Waals surface area contributed by atoms with Crippen molar-refractivity contribution in [2.75, 3.05) is 0 Å². The minimum absolute atomic E-state index is 0.656. The molecule has 10 rings (SSSR count). The molecular formula is C41H27N3OSSi. The van der Waals surface area contributed by atoms with Gasteiger partial charge < -0.3 is 4.42 Å². The summed E-state index contributed by atoms with van der Waals surface area (Å²) in [5.74, 6) is 1.98. The third kappa shape index (κ3) is 3.83. The van der Waals surface area contributed by atoms with Gasteiger partial charge in [-0.15, -0.1) is 11.3 Å². The fraction of sp³-hybridized carbons (Fsp3) is 0.0488. The van der Waals surface area contributed by atoms with Gasteiger partial charge in [0.2, 0.25) is 0 Å². The summed E-state index contributed by atoms with van der Waals surface area (Å²) in [5, 5.41) is 7.31. The Morgan fingerprint density at radius 1 is 0.532 bits per heavy atom. The summed E-state index contributed by atoms with van der Waals surface area (Å²) in [4.78, 5) is 15.8. The number of para-hydroxylation sites is 1. The summed E-state index contributed by atoms with van der Waals surface area (Å²) >= 11 is 1.80. The van der Waals surface area contributed by atoms with Crippen molar-refractivity contribution in [1.82, 2.24) is 15.0 Å². The van der Waals surface area contributed by atoms with E-state index in [9.17, 15) is 0 Å². The third-order valence-electron chi connectivity index (χ3n) is 9.74. The van der Waals surface area contributed by atoms with Crippen LogP contribution in [0.2, 0.25) is 13.1 Å². The Kier molecular flexibility index (Phi) is 5.57. The first-order valence-electron chi connectivity index (χ1n) is 15.9. The van der Waals surface area contributed by atoms with Crippen LogP contribution in [0.15, 0.2) is 132 Å². The van der Waals surface area contributed by atoms with Gasteiger partial charge in [-0.1, -0.05) is 116 Å². The number of aromatic nitrogens is 3. The maximum atomic E-state index is 6.79. The van der Waals surface area contributed by atoms with E-state index < -0.39 is 8.07 Å². The molecule has 6 aromatic carbocycles. The number of hydrogen-bond donors (Lipinski definition) is 0. The first-order chi connectivity index (χ1) is 23.1. The maximum Gasteiger partial charge on any atom is 0.164 e. The zero-order valence-electron chi connectivity index (χ0n) is 25.8. The molecule has 1 aliphatic heterocycles. The molecule has 0 atom stereocenters. The normalized spacial score (nSPS) is 13.5. The monoisotopic (exact) mass is 637 g/mol. The Hall–Kier alpha value is -5.43. The van der Waals surface area contributed by atoms with Crippen molar-refractivity contribution in [3.63, 3.8) is 0 Å². The molecule has 4 nitrogen and oxygen atoms in total. The van der Waals surface area contributed by atoms with Crippen LogP contribution in [0.5, 0.6) is 0 Å². The molecule has 47 heavy (non-hydrogen) atoms. The van der Waals surface area contributed by atoms with Crippen molar-refractivity contribution in [3.05, 3.63) is 127 Å². The number of nitrogens with zero attached hydrogens (tertiary/aromatic N) is 3. The average molecular weight is 638 g/mol.